The molecule has 0 aromatic carbocycles. The van der Waals surface area contributed by atoms with Crippen molar-refractivity contribution in [3.8, 4) is 0 Å². The van der Waals surface area contributed by atoms with Gasteiger partial charge in [-0.15, -0.1) is 0 Å². The highest BCUT2D eigenvalue weighted by Gasteiger charge is 2.34. The lowest BCUT2D eigenvalue weighted by molar-refractivity contribution is -0.939. The smallest absolute Gasteiger partial charge is 0.0812 e. The molecule has 2 heteroatoms. The van der Waals surface area contributed by atoms with Gasteiger partial charge in [-0.25, -0.2) is 0 Å². The molecule has 1 atom stereocenters. The summed E-state index contributed by atoms with van der Waals surface area (Å²) in [7, 11) is 0. The largest absolute Gasteiger partial charge is 1.00 e. The molecular formula is C11H22ClN. The fraction of sp³-hybridized carbons (Fsp3) is 1.00. The lowest BCUT2D eigenvalue weighted by atomic mass is 9.94. The van der Waals surface area contributed by atoms with Gasteiger partial charge >= 0.3 is 0 Å². The van der Waals surface area contributed by atoms with Crippen LogP contribution >= 0.6 is 0 Å². The van der Waals surface area contributed by atoms with Gasteiger partial charge in [0, 0.05) is 5.92 Å². The minimum Gasteiger partial charge on any atom is -1.00 e. The van der Waals surface area contributed by atoms with Crippen LogP contribution in [0.1, 0.15) is 39.0 Å². The van der Waals surface area contributed by atoms with Gasteiger partial charge in [0.2, 0.25) is 0 Å². The first-order valence-corrected chi connectivity index (χ1v) is 5.66. The van der Waals surface area contributed by atoms with Crippen molar-refractivity contribution in [3.05, 3.63) is 0 Å². The number of quaternary nitrogens is 1. The van der Waals surface area contributed by atoms with Crippen LogP contribution in [-0.2, 0) is 0 Å². The van der Waals surface area contributed by atoms with Gasteiger partial charge < -0.3 is 16.9 Å². The molecule has 2 aliphatic heterocycles. The summed E-state index contributed by atoms with van der Waals surface area (Å²) in [6.07, 6.45) is 7.45. The van der Waals surface area contributed by atoms with Crippen molar-refractivity contribution < 1.29 is 16.9 Å². The Balaban J connectivity index is 0.000000845. The second-order valence-electron chi connectivity index (χ2n) is 5.00. The molecule has 0 N–H and O–H groups in total. The zero-order valence-corrected chi connectivity index (χ0v) is 9.52. The first-order chi connectivity index (χ1) is 5.81. The number of hydrogen-bond donors (Lipinski definition) is 0. The molecule has 13 heavy (non-hydrogen) atoms. The van der Waals surface area contributed by atoms with Crippen LogP contribution in [0.25, 0.3) is 0 Å². The molecule has 2 heterocycles. The second kappa shape index (κ2) is 4.65. The van der Waals surface area contributed by atoms with Gasteiger partial charge in [-0.2, -0.15) is 0 Å². The lowest BCUT2D eigenvalue weighted by Gasteiger charge is -2.46. The molecule has 0 aromatic heterocycles. The summed E-state index contributed by atoms with van der Waals surface area (Å²) in [6.45, 7) is 8.40. The second-order valence-corrected chi connectivity index (χ2v) is 5.00. The number of nitrogens with zero attached hydrogens (tertiary/aromatic N) is 1. The summed E-state index contributed by atoms with van der Waals surface area (Å²) in [6, 6.07) is 0. The maximum Gasteiger partial charge on any atom is 0.0812 e. The Morgan fingerprint density at radius 2 is 1.54 bits per heavy atom. The van der Waals surface area contributed by atoms with Crippen LogP contribution in [0.3, 0.4) is 0 Å². The van der Waals surface area contributed by atoms with E-state index in [-0.39, 0.29) is 12.4 Å². The summed E-state index contributed by atoms with van der Waals surface area (Å²) in [5.41, 5.74) is 0. The summed E-state index contributed by atoms with van der Waals surface area (Å²) >= 11 is 0. The lowest BCUT2D eigenvalue weighted by Crippen LogP contribution is -3.00. The normalized spacial score (nSPS) is 32.5. The third-order valence-corrected chi connectivity index (χ3v) is 3.79. The Labute approximate surface area is 88.5 Å². The minimum atomic E-state index is 0. The predicted molar refractivity (Wildman–Crippen MR) is 52.0 cm³/mol. The van der Waals surface area contributed by atoms with Crippen molar-refractivity contribution in [2.75, 3.05) is 26.2 Å². The molecule has 0 saturated carbocycles. The van der Waals surface area contributed by atoms with Gasteiger partial charge in [0.25, 0.3) is 0 Å². The molecule has 0 bridgehead atoms. The van der Waals surface area contributed by atoms with Gasteiger partial charge in [0.15, 0.2) is 0 Å². The number of halogens is 1. The van der Waals surface area contributed by atoms with E-state index in [2.05, 4.69) is 6.92 Å². The van der Waals surface area contributed by atoms with E-state index in [1.165, 1.54) is 62.8 Å². The maximum absolute atomic E-state index is 2.44. The van der Waals surface area contributed by atoms with Crippen LogP contribution in [0.2, 0.25) is 0 Å². The average Bonchev–Trinajstić information content (AvgIpc) is 2.05. The molecule has 0 amide bonds. The average molecular weight is 204 g/mol. The van der Waals surface area contributed by atoms with Crippen molar-refractivity contribution in [2.24, 2.45) is 5.92 Å². The summed E-state index contributed by atoms with van der Waals surface area (Å²) in [5.74, 6) is 0.997. The highest BCUT2D eigenvalue weighted by molar-refractivity contribution is 4.64. The predicted octanol–water partition coefficient (Wildman–Crippen LogP) is -0.579. The van der Waals surface area contributed by atoms with Gasteiger partial charge in [-0.1, -0.05) is 6.92 Å². The van der Waals surface area contributed by atoms with E-state index in [0.29, 0.717) is 0 Å². The van der Waals surface area contributed by atoms with Crippen molar-refractivity contribution in [2.45, 2.75) is 39.0 Å². The highest BCUT2D eigenvalue weighted by Crippen LogP contribution is 2.27. The van der Waals surface area contributed by atoms with Gasteiger partial charge in [-0.3, -0.25) is 0 Å². The first kappa shape index (κ1) is 11.3. The Hall–Kier alpha value is 0.250. The topological polar surface area (TPSA) is 0 Å². The Bertz CT molecular complexity index is 147. The fourth-order valence-electron chi connectivity index (χ4n) is 3.21. The zero-order valence-electron chi connectivity index (χ0n) is 8.77. The monoisotopic (exact) mass is 203 g/mol. The number of rotatable bonds is 0. The van der Waals surface area contributed by atoms with Crippen LogP contribution in [-0.4, -0.2) is 30.7 Å². The van der Waals surface area contributed by atoms with E-state index < -0.39 is 0 Å². The molecule has 2 rings (SSSR count). The first-order valence-electron chi connectivity index (χ1n) is 5.66. The van der Waals surface area contributed by atoms with E-state index >= 15 is 0 Å². The molecule has 1 unspecified atom stereocenters. The fourth-order valence-corrected chi connectivity index (χ4v) is 3.21. The van der Waals surface area contributed by atoms with Crippen molar-refractivity contribution in [1.82, 2.24) is 0 Å². The Morgan fingerprint density at radius 1 is 0.923 bits per heavy atom. The van der Waals surface area contributed by atoms with Crippen LogP contribution in [0.15, 0.2) is 0 Å². The molecule has 1 spiro atoms. The molecule has 0 aromatic rings. The molecule has 0 aliphatic carbocycles. The molecule has 2 fully saturated rings. The SMILES string of the molecule is CC1CCC[N+]2(CCCCC2)C1.[Cl-]. The molecule has 78 valence electrons. The molecule has 2 aliphatic rings. The van der Waals surface area contributed by atoms with Crippen LogP contribution in [0.5, 0.6) is 0 Å². The number of piperidine rings is 2. The van der Waals surface area contributed by atoms with E-state index in [9.17, 15) is 0 Å². The van der Waals surface area contributed by atoms with Gasteiger partial charge in [-0.05, 0) is 32.1 Å². The summed E-state index contributed by atoms with van der Waals surface area (Å²) < 4.78 is 1.49. The summed E-state index contributed by atoms with van der Waals surface area (Å²) in [4.78, 5) is 0. The van der Waals surface area contributed by atoms with Crippen LogP contribution in [0, 0.1) is 5.92 Å². The Kier molecular flexibility index (Phi) is 4.06. The summed E-state index contributed by atoms with van der Waals surface area (Å²) in [5, 5.41) is 0. The van der Waals surface area contributed by atoms with E-state index in [4.69, 9.17) is 0 Å². The van der Waals surface area contributed by atoms with Gasteiger partial charge in [0.1, 0.15) is 0 Å². The zero-order chi connectivity index (χ0) is 8.44. The van der Waals surface area contributed by atoms with E-state index in [1.807, 2.05) is 0 Å². The van der Waals surface area contributed by atoms with Crippen LogP contribution in [0.4, 0.5) is 0 Å². The molecular weight excluding hydrogens is 182 g/mol. The third-order valence-electron chi connectivity index (χ3n) is 3.79. The van der Waals surface area contributed by atoms with Crippen molar-refractivity contribution >= 4 is 0 Å². The molecule has 2 saturated heterocycles. The number of hydrogen-bond acceptors (Lipinski definition) is 0. The maximum atomic E-state index is 2.44. The minimum absolute atomic E-state index is 0. The quantitative estimate of drug-likeness (QED) is 0.463. The van der Waals surface area contributed by atoms with E-state index in [1.54, 1.807) is 0 Å². The van der Waals surface area contributed by atoms with Gasteiger partial charge in [0.05, 0.1) is 26.2 Å². The van der Waals surface area contributed by atoms with Crippen LogP contribution < -0.4 is 12.4 Å². The van der Waals surface area contributed by atoms with Crippen molar-refractivity contribution in [3.63, 3.8) is 0 Å². The Morgan fingerprint density at radius 3 is 2.15 bits per heavy atom. The third kappa shape index (κ3) is 2.60. The molecule has 1 nitrogen and oxygen atoms in total. The highest BCUT2D eigenvalue weighted by atomic mass is 35.5. The van der Waals surface area contributed by atoms with Crippen molar-refractivity contribution in [1.29, 1.82) is 0 Å². The molecule has 0 radical (unpaired) electrons. The van der Waals surface area contributed by atoms with E-state index in [0.717, 1.165) is 5.92 Å². The standard InChI is InChI=1S/C11H22N.ClH/c1-11-6-5-9-12(10-11)7-3-2-4-8-12;/h11H,2-10H2,1H3;1H/q+1;/p-1.